The monoisotopic (exact) mass is 454 g/mol. The van der Waals surface area contributed by atoms with Crippen LogP contribution in [0.2, 0.25) is 0 Å². The van der Waals surface area contributed by atoms with Crippen molar-refractivity contribution in [2.24, 2.45) is 23.2 Å². The van der Waals surface area contributed by atoms with Crippen molar-refractivity contribution < 1.29 is 19.8 Å². The molecule has 5 rings (SSSR count). The van der Waals surface area contributed by atoms with Crippen molar-refractivity contribution >= 4 is 11.8 Å². The first-order chi connectivity index (χ1) is 15.6. The molecule has 3 N–H and O–H groups in total. The van der Waals surface area contributed by atoms with Gasteiger partial charge in [-0.1, -0.05) is 19.4 Å². The van der Waals surface area contributed by atoms with Gasteiger partial charge in [-0.15, -0.1) is 0 Å². The van der Waals surface area contributed by atoms with Crippen molar-refractivity contribution in [3.8, 4) is 0 Å². The second-order valence-electron chi connectivity index (χ2n) is 11.0. The average Bonchev–Trinajstić information content (AvgIpc) is 3.51. The van der Waals surface area contributed by atoms with Crippen molar-refractivity contribution in [3.05, 3.63) is 44.9 Å². The molecule has 2 heterocycles. The predicted molar refractivity (Wildman–Crippen MR) is 123 cm³/mol. The minimum absolute atomic E-state index is 0.00845. The number of carbonyl (C=O) groups is 2. The number of likely N-dealkylation sites (tertiary alicyclic amines) is 1. The first-order valence-electron chi connectivity index (χ1n) is 12.3. The quantitative estimate of drug-likeness (QED) is 0.546. The van der Waals surface area contributed by atoms with Crippen LogP contribution < -0.4 is 5.56 Å². The van der Waals surface area contributed by atoms with E-state index in [-0.39, 0.29) is 29.7 Å². The molecule has 5 unspecified atom stereocenters. The summed E-state index contributed by atoms with van der Waals surface area (Å²) < 4.78 is 0. The number of carboxylic acid groups (broad SMARTS) is 1. The number of nitrogens with zero attached hydrogens (tertiary/aromatic N) is 1. The van der Waals surface area contributed by atoms with E-state index in [1.807, 2.05) is 0 Å². The number of nitrogens with one attached hydrogen (secondary N) is 1. The minimum atomic E-state index is -1.26. The third-order valence-corrected chi connectivity index (χ3v) is 8.87. The number of hydrogen-bond acceptors (Lipinski definition) is 5. The lowest BCUT2D eigenvalue weighted by Gasteiger charge is -2.55. The second kappa shape index (κ2) is 7.64. The summed E-state index contributed by atoms with van der Waals surface area (Å²) in [5.41, 5.74) is -0.283. The molecule has 2 saturated carbocycles. The lowest BCUT2D eigenvalue weighted by atomic mass is 9.57. The third kappa shape index (κ3) is 3.35. The van der Waals surface area contributed by atoms with Gasteiger partial charge >= 0.3 is 5.97 Å². The van der Waals surface area contributed by atoms with Gasteiger partial charge in [-0.2, -0.15) is 0 Å². The number of aliphatic hydroxyl groups is 1. The highest BCUT2D eigenvalue weighted by Gasteiger charge is 2.71. The molecule has 0 aromatic carbocycles. The first kappa shape index (κ1) is 22.5. The fourth-order valence-corrected chi connectivity index (χ4v) is 7.11. The third-order valence-electron chi connectivity index (χ3n) is 8.87. The van der Waals surface area contributed by atoms with Crippen LogP contribution in [0.1, 0.15) is 68.1 Å². The van der Waals surface area contributed by atoms with Crippen LogP contribution in [0.15, 0.2) is 22.5 Å². The maximum Gasteiger partial charge on any atom is 0.341 e. The van der Waals surface area contributed by atoms with E-state index in [4.69, 9.17) is 0 Å². The standard InChI is InChI=1S/C26H34N2O5/c1-4-14(2)20(7-15(3)29)25-9-18-13-28(12-16-5-6-16)22(18)26(25,33)10-17-8-19(24(31)32)23(30)27-21(17)11-25/h7-8,14,16,18,22,33H,4-6,9-13H2,1-3H3,(H,27,30)(H,31,32)/b20-7+. The Bertz CT molecular complexity index is 1100. The Hall–Kier alpha value is -2.25. The van der Waals surface area contributed by atoms with Crippen LogP contribution in [0.25, 0.3) is 0 Å². The lowest BCUT2D eigenvalue weighted by Crippen LogP contribution is -2.67. The largest absolute Gasteiger partial charge is 0.477 e. The number of aromatic carboxylic acids is 1. The molecule has 3 fully saturated rings. The fraction of sp³-hybridized carbons (Fsp3) is 0.654. The van der Waals surface area contributed by atoms with Gasteiger partial charge in [-0.05, 0) is 68.1 Å². The Balaban J connectivity index is 1.67. The molecule has 7 nitrogen and oxygen atoms in total. The van der Waals surface area contributed by atoms with Crippen LogP contribution in [0, 0.1) is 23.2 Å². The number of allylic oxidation sites excluding steroid dienone is 1. The normalized spacial score (nSPS) is 34.1. The molecule has 5 atom stereocenters. The summed E-state index contributed by atoms with van der Waals surface area (Å²) in [6.07, 6.45) is 6.54. The number of carbonyl (C=O) groups excluding carboxylic acids is 1. The highest BCUT2D eigenvalue weighted by Crippen LogP contribution is 2.65. The lowest BCUT2D eigenvalue weighted by molar-refractivity contribution is -0.130. The Labute approximate surface area is 193 Å². The van der Waals surface area contributed by atoms with Crippen LogP contribution >= 0.6 is 0 Å². The molecule has 3 aliphatic carbocycles. The number of H-pyrrole nitrogens is 1. The van der Waals surface area contributed by atoms with E-state index in [1.54, 1.807) is 13.0 Å². The summed E-state index contributed by atoms with van der Waals surface area (Å²) >= 11 is 0. The Morgan fingerprint density at radius 2 is 2.06 bits per heavy atom. The van der Waals surface area contributed by atoms with Gasteiger partial charge in [0.15, 0.2) is 5.78 Å². The molecular weight excluding hydrogens is 420 g/mol. The smallest absolute Gasteiger partial charge is 0.341 e. The number of carboxylic acids is 1. The summed E-state index contributed by atoms with van der Waals surface area (Å²) in [7, 11) is 0. The van der Waals surface area contributed by atoms with E-state index in [2.05, 4.69) is 23.7 Å². The van der Waals surface area contributed by atoms with Gasteiger partial charge in [0.25, 0.3) is 5.56 Å². The van der Waals surface area contributed by atoms with Crippen LogP contribution in [-0.2, 0) is 17.6 Å². The van der Waals surface area contributed by atoms with Crippen molar-refractivity contribution in [1.29, 1.82) is 0 Å². The topological polar surface area (TPSA) is 111 Å². The van der Waals surface area contributed by atoms with Gasteiger partial charge < -0.3 is 15.2 Å². The zero-order chi connectivity index (χ0) is 23.7. The van der Waals surface area contributed by atoms with E-state index in [0.717, 1.165) is 31.5 Å². The summed E-state index contributed by atoms with van der Waals surface area (Å²) in [6, 6.07) is 1.44. The van der Waals surface area contributed by atoms with E-state index in [9.17, 15) is 24.6 Å². The number of pyridine rings is 1. The summed E-state index contributed by atoms with van der Waals surface area (Å²) in [6.45, 7) is 7.70. The summed E-state index contributed by atoms with van der Waals surface area (Å²) in [5, 5.41) is 22.1. The number of hydrogen-bond donors (Lipinski definition) is 3. The molecule has 178 valence electrons. The Morgan fingerprint density at radius 1 is 1.33 bits per heavy atom. The average molecular weight is 455 g/mol. The molecule has 0 radical (unpaired) electrons. The van der Waals surface area contributed by atoms with E-state index in [0.29, 0.717) is 29.5 Å². The number of rotatable bonds is 7. The highest BCUT2D eigenvalue weighted by atomic mass is 16.4. The van der Waals surface area contributed by atoms with Crippen molar-refractivity contribution in [2.75, 3.05) is 13.1 Å². The van der Waals surface area contributed by atoms with Crippen molar-refractivity contribution in [3.63, 3.8) is 0 Å². The molecule has 1 aliphatic heterocycles. The summed E-state index contributed by atoms with van der Waals surface area (Å²) in [4.78, 5) is 41.7. The molecule has 1 saturated heterocycles. The zero-order valence-electron chi connectivity index (χ0n) is 19.7. The maximum absolute atomic E-state index is 12.6. The molecule has 4 aliphatic rings. The van der Waals surface area contributed by atoms with E-state index >= 15 is 0 Å². The molecule has 0 bridgehead atoms. The molecule has 1 aromatic rings. The zero-order valence-corrected chi connectivity index (χ0v) is 19.7. The van der Waals surface area contributed by atoms with Crippen molar-refractivity contribution in [1.82, 2.24) is 9.88 Å². The molecule has 33 heavy (non-hydrogen) atoms. The molecule has 1 aromatic heterocycles. The van der Waals surface area contributed by atoms with Gasteiger partial charge in [0.1, 0.15) is 5.56 Å². The number of fused-ring (bicyclic) bond motifs is 4. The SMILES string of the molecule is CCC(C)/C(=C\C(C)=O)C12Cc3[nH]c(=O)c(C(=O)O)cc3CC1(O)C1C(CN1CC1CC1)C2. The Morgan fingerprint density at radius 3 is 2.67 bits per heavy atom. The first-order valence-corrected chi connectivity index (χ1v) is 12.3. The highest BCUT2D eigenvalue weighted by molar-refractivity contribution is 5.88. The van der Waals surface area contributed by atoms with E-state index in [1.165, 1.54) is 18.9 Å². The van der Waals surface area contributed by atoms with Gasteiger partial charge in [0.05, 0.1) is 5.60 Å². The fourth-order valence-electron chi connectivity index (χ4n) is 7.11. The molecule has 0 amide bonds. The van der Waals surface area contributed by atoms with Crippen LogP contribution in [0.4, 0.5) is 0 Å². The number of aromatic amines is 1. The molecular formula is C26H34N2O5. The van der Waals surface area contributed by atoms with Crippen LogP contribution in [0.3, 0.4) is 0 Å². The molecule has 0 spiro atoms. The summed E-state index contributed by atoms with van der Waals surface area (Å²) in [5.74, 6) is -0.147. The van der Waals surface area contributed by atoms with Crippen LogP contribution in [0.5, 0.6) is 0 Å². The minimum Gasteiger partial charge on any atom is -0.477 e. The van der Waals surface area contributed by atoms with Gasteiger partial charge in [0, 0.05) is 43.1 Å². The number of ketones is 1. The number of aromatic nitrogens is 1. The molecule has 7 heteroatoms. The predicted octanol–water partition coefficient (Wildman–Crippen LogP) is 2.56. The van der Waals surface area contributed by atoms with Gasteiger partial charge in [0.2, 0.25) is 0 Å². The van der Waals surface area contributed by atoms with Crippen LogP contribution in [-0.4, -0.2) is 56.6 Å². The Kier molecular flexibility index (Phi) is 5.21. The van der Waals surface area contributed by atoms with Gasteiger partial charge in [-0.3, -0.25) is 14.5 Å². The maximum atomic E-state index is 12.6. The van der Waals surface area contributed by atoms with E-state index < -0.39 is 22.5 Å². The van der Waals surface area contributed by atoms with Crippen molar-refractivity contribution in [2.45, 2.75) is 70.9 Å². The van der Waals surface area contributed by atoms with Gasteiger partial charge in [-0.25, -0.2) is 4.79 Å². The second-order valence-corrected chi connectivity index (χ2v) is 11.0.